The van der Waals surface area contributed by atoms with E-state index < -0.39 is 5.91 Å². The molecule has 0 aromatic heterocycles. The summed E-state index contributed by atoms with van der Waals surface area (Å²) in [6.45, 7) is 1.67. The zero-order chi connectivity index (χ0) is 16.9. The maximum absolute atomic E-state index is 11.6. The van der Waals surface area contributed by atoms with Crippen molar-refractivity contribution in [1.82, 2.24) is 10.6 Å². The molecule has 2 amide bonds. The Hall–Kier alpha value is -2.77. The van der Waals surface area contributed by atoms with E-state index in [2.05, 4.69) is 15.8 Å². The van der Waals surface area contributed by atoms with E-state index in [1.165, 1.54) is 0 Å². The Morgan fingerprint density at radius 1 is 1.25 bits per heavy atom. The first-order valence-corrected chi connectivity index (χ1v) is 7.74. The van der Waals surface area contributed by atoms with Gasteiger partial charge in [-0.05, 0) is 38.0 Å². The summed E-state index contributed by atoms with van der Waals surface area (Å²) in [6.07, 6.45) is 2.02. The zero-order valence-corrected chi connectivity index (χ0v) is 13.3. The van der Waals surface area contributed by atoms with Gasteiger partial charge in [0.25, 0.3) is 5.91 Å². The third kappa shape index (κ3) is 4.37. The number of hydrogen-bond acceptors (Lipinski definition) is 6. The standard InChI is InChI=1S/C16H19N3O5/c1-10(11-2-5-13-14(6-11)23-9-22-13)19-24-8-16(21)17-7-15(20)18-12-3-4-12/h2,5-6,12H,3-4,7-9H2,1H3,(H,17,21)(H,18,20)/b19-10-. The van der Waals surface area contributed by atoms with Gasteiger partial charge in [-0.15, -0.1) is 0 Å². The fourth-order valence-corrected chi connectivity index (χ4v) is 2.10. The molecule has 0 bridgehead atoms. The topological polar surface area (TPSA) is 98.2 Å². The molecule has 0 radical (unpaired) electrons. The van der Waals surface area contributed by atoms with Gasteiger partial charge in [-0.25, -0.2) is 0 Å². The molecule has 1 aliphatic carbocycles. The van der Waals surface area contributed by atoms with Crippen molar-refractivity contribution in [1.29, 1.82) is 0 Å². The number of carbonyl (C=O) groups is 2. The highest BCUT2D eigenvalue weighted by Crippen LogP contribution is 2.32. The Bertz CT molecular complexity index is 670. The largest absolute Gasteiger partial charge is 0.454 e. The van der Waals surface area contributed by atoms with Gasteiger partial charge in [0.05, 0.1) is 12.3 Å². The van der Waals surface area contributed by atoms with Crippen LogP contribution in [0.15, 0.2) is 23.4 Å². The first-order chi connectivity index (χ1) is 11.6. The fraction of sp³-hybridized carbons (Fsp3) is 0.438. The van der Waals surface area contributed by atoms with Crippen molar-refractivity contribution in [2.24, 2.45) is 5.16 Å². The zero-order valence-electron chi connectivity index (χ0n) is 13.3. The monoisotopic (exact) mass is 333 g/mol. The van der Waals surface area contributed by atoms with Gasteiger partial charge in [-0.3, -0.25) is 9.59 Å². The van der Waals surface area contributed by atoms with E-state index in [0.717, 1.165) is 18.4 Å². The van der Waals surface area contributed by atoms with Crippen LogP contribution in [0.2, 0.25) is 0 Å². The van der Waals surface area contributed by atoms with Crippen LogP contribution >= 0.6 is 0 Å². The van der Waals surface area contributed by atoms with Gasteiger partial charge in [-0.2, -0.15) is 0 Å². The number of oxime groups is 1. The van der Waals surface area contributed by atoms with Crippen LogP contribution in [-0.2, 0) is 14.4 Å². The van der Waals surface area contributed by atoms with Gasteiger partial charge in [-0.1, -0.05) is 5.16 Å². The maximum atomic E-state index is 11.6. The molecule has 1 aliphatic heterocycles. The number of carbonyl (C=O) groups excluding carboxylic acids is 2. The average molecular weight is 333 g/mol. The van der Waals surface area contributed by atoms with E-state index in [-0.39, 0.29) is 31.9 Å². The summed E-state index contributed by atoms with van der Waals surface area (Å²) in [5, 5.41) is 9.17. The average Bonchev–Trinajstić information content (AvgIpc) is 3.25. The Balaban J connectivity index is 1.41. The number of nitrogens with zero attached hydrogens (tertiary/aromatic N) is 1. The van der Waals surface area contributed by atoms with Gasteiger partial charge in [0.1, 0.15) is 0 Å². The SMILES string of the molecule is C/C(=N/OCC(=O)NCC(=O)NC1CC1)c1ccc2c(c1)OCO2. The first-order valence-electron chi connectivity index (χ1n) is 7.74. The minimum Gasteiger partial charge on any atom is -0.454 e. The summed E-state index contributed by atoms with van der Waals surface area (Å²) in [5.41, 5.74) is 1.41. The van der Waals surface area contributed by atoms with Crippen LogP contribution in [0.3, 0.4) is 0 Å². The number of fused-ring (bicyclic) bond motifs is 1. The van der Waals surface area contributed by atoms with E-state index in [1.54, 1.807) is 19.1 Å². The van der Waals surface area contributed by atoms with Crippen LogP contribution in [0.1, 0.15) is 25.3 Å². The van der Waals surface area contributed by atoms with Gasteiger partial charge >= 0.3 is 0 Å². The molecule has 3 rings (SSSR count). The Labute approximate surface area is 139 Å². The van der Waals surface area contributed by atoms with Gasteiger partial charge < -0.3 is 24.9 Å². The lowest BCUT2D eigenvalue weighted by atomic mass is 10.1. The summed E-state index contributed by atoms with van der Waals surface area (Å²) in [6, 6.07) is 5.70. The molecule has 1 heterocycles. The molecule has 24 heavy (non-hydrogen) atoms. The van der Waals surface area contributed by atoms with Crippen molar-refractivity contribution >= 4 is 17.5 Å². The van der Waals surface area contributed by atoms with E-state index in [9.17, 15) is 9.59 Å². The number of hydrogen-bond donors (Lipinski definition) is 2. The van der Waals surface area contributed by atoms with Gasteiger partial charge in [0.15, 0.2) is 18.1 Å². The summed E-state index contributed by atoms with van der Waals surface area (Å²) >= 11 is 0. The van der Waals surface area contributed by atoms with Crippen LogP contribution in [0, 0.1) is 0 Å². The highest BCUT2D eigenvalue weighted by molar-refractivity contribution is 5.99. The molecule has 0 atom stereocenters. The van der Waals surface area contributed by atoms with E-state index in [0.29, 0.717) is 17.2 Å². The summed E-state index contributed by atoms with van der Waals surface area (Å²) in [7, 11) is 0. The van der Waals surface area contributed by atoms with Crippen molar-refractivity contribution in [2.45, 2.75) is 25.8 Å². The molecule has 2 N–H and O–H groups in total. The molecule has 8 heteroatoms. The molecule has 0 saturated heterocycles. The summed E-state index contributed by atoms with van der Waals surface area (Å²) in [4.78, 5) is 28.1. The van der Waals surface area contributed by atoms with Crippen LogP contribution in [0.25, 0.3) is 0 Å². The third-order valence-electron chi connectivity index (χ3n) is 3.58. The predicted octanol–water partition coefficient (Wildman–Crippen LogP) is 0.551. The smallest absolute Gasteiger partial charge is 0.261 e. The van der Waals surface area contributed by atoms with Crippen molar-refractivity contribution in [2.75, 3.05) is 19.9 Å². The normalized spacial score (nSPS) is 15.8. The number of benzene rings is 1. The second kappa shape index (κ2) is 7.20. The third-order valence-corrected chi connectivity index (χ3v) is 3.58. The molecule has 8 nitrogen and oxygen atoms in total. The van der Waals surface area contributed by atoms with Crippen LogP contribution < -0.4 is 20.1 Å². The summed E-state index contributed by atoms with van der Waals surface area (Å²) in [5.74, 6) is 0.756. The molecule has 0 spiro atoms. The van der Waals surface area contributed by atoms with E-state index in [1.807, 2.05) is 6.07 Å². The number of nitrogens with one attached hydrogen (secondary N) is 2. The highest BCUT2D eigenvalue weighted by Gasteiger charge is 2.23. The quantitative estimate of drug-likeness (QED) is 0.561. The van der Waals surface area contributed by atoms with E-state index >= 15 is 0 Å². The van der Waals surface area contributed by atoms with E-state index in [4.69, 9.17) is 14.3 Å². The first kappa shape index (κ1) is 16.1. The summed E-state index contributed by atoms with van der Waals surface area (Å²) < 4.78 is 10.5. The maximum Gasteiger partial charge on any atom is 0.261 e. The van der Waals surface area contributed by atoms with Crippen LogP contribution in [0.5, 0.6) is 11.5 Å². The molecule has 0 unspecified atom stereocenters. The lowest BCUT2D eigenvalue weighted by molar-refractivity contribution is -0.129. The van der Waals surface area contributed by atoms with Crippen LogP contribution in [0.4, 0.5) is 0 Å². The van der Waals surface area contributed by atoms with Crippen molar-refractivity contribution in [3.05, 3.63) is 23.8 Å². The molecule has 1 saturated carbocycles. The minimum atomic E-state index is -0.400. The highest BCUT2D eigenvalue weighted by atomic mass is 16.7. The second-order valence-electron chi connectivity index (χ2n) is 5.64. The Kier molecular flexibility index (Phi) is 4.83. The van der Waals surface area contributed by atoms with Gasteiger partial charge in [0, 0.05) is 11.6 Å². The lowest BCUT2D eigenvalue weighted by Crippen LogP contribution is -2.39. The number of amides is 2. The molecule has 1 aromatic carbocycles. The van der Waals surface area contributed by atoms with Crippen molar-refractivity contribution in [3.8, 4) is 11.5 Å². The van der Waals surface area contributed by atoms with Gasteiger partial charge in [0.2, 0.25) is 12.7 Å². The molecule has 1 fully saturated rings. The molecule has 2 aliphatic rings. The Morgan fingerprint density at radius 3 is 2.83 bits per heavy atom. The molecular weight excluding hydrogens is 314 g/mol. The second-order valence-corrected chi connectivity index (χ2v) is 5.64. The Morgan fingerprint density at radius 2 is 2.04 bits per heavy atom. The molecule has 128 valence electrons. The van der Waals surface area contributed by atoms with Crippen molar-refractivity contribution < 1.29 is 23.9 Å². The number of ether oxygens (including phenoxy) is 2. The minimum absolute atomic E-state index is 0.0520. The lowest BCUT2D eigenvalue weighted by Gasteiger charge is -2.06. The molecular formula is C16H19N3O5. The fourth-order valence-electron chi connectivity index (χ4n) is 2.10. The predicted molar refractivity (Wildman–Crippen MR) is 84.9 cm³/mol. The van der Waals surface area contributed by atoms with Crippen molar-refractivity contribution in [3.63, 3.8) is 0 Å². The molecule has 1 aromatic rings. The van der Waals surface area contributed by atoms with Crippen LogP contribution in [-0.4, -0.2) is 43.5 Å². The number of rotatable bonds is 7.